The normalized spacial score (nSPS) is 19.3. The zero-order chi connectivity index (χ0) is 14.4. The largest absolute Gasteiger partial charge is 0.351 e. The van der Waals surface area contributed by atoms with Gasteiger partial charge in [0, 0.05) is 12.6 Å². The third-order valence-electron chi connectivity index (χ3n) is 3.81. The van der Waals surface area contributed by atoms with Gasteiger partial charge in [0.25, 0.3) is 0 Å². The first kappa shape index (κ1) is 15.0. The van der Waals surface area contributed by atoms with E-state index in [4.69, 9.17) is 5.73 Å². The minimum atomic E-state index is -0.583. The maximum absolute atomic E-state index is 12.1. The highest BCUT2D eigenvalue weighted by Gasteiger charge is 2.19. The Bertz CT molecular complexity index is 415. The van der Waals surface area contributed by atoms with Gasteiger partial charge in [0.2, 0.25) is 5.91 Å². The lowest BCUT2D eigenvalue weighted by Gasteiger charge is -2.29. The average molecular weight is 275 g/mol. The Morgan fingerprint density at radius 2 is 1.90 bits per heavy atom. The first-order chi connectivity index (χ1) is 9.66. The van der Waals surface area contributed by atoms with E-state index in [1.807, 2.05) is 37.3 Å². The molecule has 2 atom stereocenters. The van der Waals surface area contributed by atoms with Gasteiger partial charge in [-0.3, -0.25) is 4.79 Å². The van der Waals surface area contributed by atoms with Crippen molar-refractivity contribution in [2.75, 3.05) is 19.6 Å². The number of rotatable bonds is 5. The van der Waals surface area contributed by atoms with Crippen LogP contribution in [0, 0.1) is 0 Å². The minimum Gasteiger partial charge on any atom is -0.351 e. The van der Waals surface area contributed by atoms with Gasteiger partial charge in [-0.1, -0.05) is 36.8 Å². The molecule has 0 radical (unpaired) electrons. The number of carbonyl (C=O) groups excluding carboxylic acids is 1. The van der Waals surface area contributed by atoms with Gasteiger partial charge < -0.3 is 16.0 Å². The second-order valence-corrected chi connectivity index (χ2v) is 5.66. The molecule has 3 N–H and O–H groups in total. The third-order valence-corrected chi connectivity index (χ3v) is 3.81. The number of amides is 1. The summed E-state index contributed by atoms with van der Waals surface area (Å²) in [5, 5.41) is 3.02. The summed E-state index contributed by atoms with van der Waals surface area (Å²) in [6.07, 6.45) is 3.87. The molecule has 1 aliphatic rings. The monoisotopic (exact) mass is 275 g/mol. The smallest absolute Gasteiger partial charge is 0.241 e. The Kier molecular flexibility index (Phi) is 5.56. The van der Waals surface area contributed by atoms with Crippen LogP contribution in [0.15, 0.2) is 30.3 Å². The zero-order valence-corrected chi connectivity index (χ0v) is 12.2. The second-order valence-electron chi connectivity index (χ2n) is 5.66. The van der Waals surface area contributed by atoms with E-state index in [9.17, 15) is 4.79 Å². The number of nitrogens with two attached hydrogens (primary N) is 1. The standard InChI is InChI=1S/C16H25N3O/c1-13(12-19-10-6-3-7-11-19)18-16(20)15(17)14-8-4-2-5-9-14/h2,4-5,8-9,13,15H,3,6-7,10-12,17H2,1H3,(H,18,20)/t13?,15-/m1/s1. The van der Waals surface area contributed by atoms with Crippen molar-refractivity contribution in [2.24, 2.45) is 5.73 Å². The molecule has 1 heterocycles. The molecule has 1 aliphatic heterocycles. The molecule has 1 saturated heterocycles. The highest BCUT2D eigenvalue weighted by molar-refractivity contribution is 5.83. The van der Waals surface area contributed by atoms with Crippen LogP contribution in [0.25, 0.3) is 0 Å². The minimum absolute atomic E-state index is 0.0966. The number of nitrogens with one attached hydrogen (secondary N) is 1. The molecule has 0 bridgehead atoms. The van der Waals surface area contributed by atoms with Crippen LogP contribution in [0.3, 0.4) is 0 Å². The van der Waals surface area contributed by atoms with E-state index in [1.165, 1.54) is 19.3 Å². The third kappa shape index (κ3) is 4.32. The fraction of sp³-hybridized carbons (Fsp3) is 0.562. The van der Waals surface area contributed by atoms with Gasteiger partial charge in [-0.15, -0.1) is 0 Å². The number of nitrogens with zero attached hydrogens (tertiary/aromatic N) is 1. The quantitative estimate of drug-likeness (QED) is 0.859. The van der Waals surface area contributed by atoms with Crippen molar-refractivity contribution in [3.63, 3.8) is 0 Å². The first-order valence-electron chi connectivity index (χ1n) is 7.50. The topological polar surface area (TPSA) is 58.4 Å². The summed E-state index contributed by atoms with van der Waals surface area (Å²) < 4.78 is 0. The molecule has 0 saturated carbocycles. The molecule has 4 heteroatoms. The first-order valence-corrected chi connectivity index (χ1v) is 7.50. The Labute approximate surface area is 121 Å². The molecule has 1 amide bonds. The lowest BCUT2D eigenvalue weighted by molar-refractivity contribution is -0.123. The maximum Gasteiger partial charge on any atom is 0.241 e. The highest BCUT2D eigenvalue weighted by atomic mass is 16.2. The van der Waals surface area contributed by atoms with Gasteiger partial charge in [0.05, 0.1) is 0 Å². The zero-order valence-electron chi connectivity index (χ0n) is 12.2. The summed E-state index contributed by atoms with van der Waals surface area (Å²) in [5.41, 5.74) is 6.85. The van der Waals surface area contributed by atoms with Crippen molar-refractivity contribution in [1.82, 2.24) is 10.2 Å². The summed E-state index contributed by atoms with van der Waals surface area (Å²) in [5.74, 6) is -0.0966. The van der Waals surface area contributed by atoms with Gasteiger partial charge in [0.15, 0.2) is 0 Å². The SMILES string of the molecule is CC(CN1CCCCC1)NC(=O)[C@H](N)c1ccccc1. The van der Waals surface area contributed by atoms with Gasteiger partial charge in [-0.05, 0) is 38.4 Å². The van der Waals surface area contributed by atoms with Crippen LogP contribution < -0.4 is 11.1 Å². The van der Waals surface area contributed by atoms with Gasteiger partial charge in [-0.25, -0.2) is 0 Å². The van der Waals surface area contributed by atoms with Crippen molar-refractivity contribution in [2.45, 2.75) is 38.3 Å². The fourth-order valence-electron chi connectivity index (χ4n) is 2.72. The molecule has 110 valence electrons. The molecular formula is C16H25N3O. The van der Waals surface area contributed by atoms with E-state index in [0.717, 1.165) is 25.2 Å². The van der Waals surface area contributed by atoms with Crippen LogP contribution in [0.5, 0.6) is 0 Å². The summed E-state index contributed by atoms with van der Waals surface area (Å²) in [6, 6.07) is 9.06. The molecule has 1 aromatic carbocycles. The predicted octanol–water partition coefficient (Wildman–Crippen LogP) is 1.68. The Morgan fingerprint density at radius 1 is 1.25 bits per heavy atom. The van der Waals surface area contributed by atoms with E-state index >= 15 is 0 Å². The van der Waals surface area contributed by atoms with Crippen LogP contribution in [-0.4, -0.2) is 36.5 Å². The Balaban J connectivity index is 1.81. The van der Waals surface area contributed by atoms with Crippen LogP contribution in [0.2, 0.25) is 0 Å². The number of benzene rings is 1. The molecule has 0 spiro atoms. The number of likely N-dealkylation sites (tertiary alicyclic amines) is 1. The Morgan fingerprint density at radius 3 is 2.55 bits per heavy atom. The summed E-state index contributed by atoms with van der Waals surface area (Å²) in [6.45, 7) is 5.24. The van der Waals surface area contributed by atoms with Crippen LogP contribution in [-0.2, 0) is 4.79 Å². The van der Waals surface area contributed by atoms with Crippen LogP contribution >= 0.6 is 0 Å². The lowest BCUT2D eigenvalue weighted by atomic mass is 10.1. The molecule has 1 fully saturated rings. The van der Waals surface area contributed by atoms with Crippen molar-refractivity contribution in [3.8, 4) is 0 Å². The van der Waals surface area contributed by atoms with Gasteiger partial charge >= 0.3 is 0 Å². The molecule has 1 unspecified atom stereocenters. The van der Waals surface area contributed by atoms with Crippen molar-refractivity contribution >= 4 is 5.91 Å². The molecule has 4 nitrogen and oxygen atoms in total. The fourth-order valence-corrected chi connectivity index (χ4v) is 2.72. The average Bonchev–Trinajstić information content (AvgIpc) is 2.48. The second kappa shape index (κ2) is 7.41. The van der Waals surface area contributed by atoms with E-state index in [0.29, 0.717) is 0 Å². The van der Waals surface area contributed by atoms with E-state index in [-0.39, 0.29) is 11.9 Å². The van der Waals surface area contributed by atoms with E-state index in [1.54, 1.807) is 0 Å². The van der Waals surface area contributed by atoms with Crippen LogP contribution in [0.4, 0.5) is 0 Å². The lowest BCUT2D eigenvalue weighted by Crippen LogP contribution is -2.46. The van der Waals surface area contributed by atoms with E-state index < -0.39 is 6.04 Å². The molecule has 20 heavy (non-hydrogen) atoms. The summed E-state index contributed by atoms with van der Waals surface area (Å²) in [7, 11) is 0. The van der Waals surface area contributed by atoms with Crippen molar-refractivity contribution < 1.29 is 4.79 Å². The highest BCUT2D eigenvalue weighted by Crippen LogP contribution is 2.11. The van der Waals surface area contributed by atoms with Crippen molar-refractivity contribution in [3.05, 3.63) is 35.9 Å². The predicted molar refractivity (Wildman–Crippen MR) is 81.3 cm³/mol. The molecule has 2 rings (SSSR count). The molecular weight excluding hydrogens is 250 g/mol. The van der Waals surface area contributed by atoms with E-state index in [2.05, 4.69) is 10.2 Å². The summed E-state index contributed by atoms with van der Waals surface area (Å²) >= 11 is 0. The number of carbonyl (C=O) groups is 1. The van der Waals surface area contributed by atoms with Crippen molar-refractivity contribution in [1.29, 1.82) is 0 Å². The molecule has 0 aromatic heterocycles. The number of hydrogen-bond acceptors (Lipinski definition) is 3. The molecule has 1 aromatic rings. The Hall–Kier alpha value is -1.39. The van der Waals surface area contributed by atoms with Gasteiger partial charge in [0.1, 0.15) is 6.04 Å². The number of piperidine rings is 1. The van der Waals surface area contributed by atoms with Gasteiger partial charge in [-0.2, -0.15) is 0 Å². The van der Waals surface area contributed by atoms with Crippen LogP contribution in [0.1, 0.15) is 37.8 Å². The molecule has 0 aliphatic carbocycles. The summed E-state index contributed by atoms with van der Waals surface area (Å²) in [4.78, 5) is 14.6. The number of hydrogen-bond donors (Lipinski definition) is 2. The maximum atomic E-state index is 12.1.